The van der Waals surface area contributed by atoms with E-state index < -0.39 is 5.91 Å². The topological polar surface area (TPSA) is 55.1 Å². The SMILES string of the molecule is C[C@@H](NCc1ccc(C(N)=O)cc1Cl)C1CCCCC1. The van der Waals surface area contributed by atoms with Gasteiger partial charge < -0.3 is 11.1 Å². The Kier molecular flexibility index (Phi) is 5.44. The van der Waals surface area contributed by atoms with Gasteiger partial charge in [-0.15, -0.1) is 0 Å². The van der Waals surface area contributed by atoms with Crippen molar-refractivity contribution in [3.8, 4) is 0 Å². The standard InChI is InChI=1S/C16H23ClN2O/c1-11(12-5-3-2-4-6-12)19-10-14-8-7-13(16(18)20)9-15(14)17/h7-9,11-12,19H,2-6,10H2,1H3,(H2,18,20)/t11-/m1/s1. The molecule has 20 heavy (non-hydrogen) atoms. The number of primary amides is 1. The van der Waals surface area contributed by atoms with Crippen molar-refractivity contribution in [2.75, 3.05) is 0 Å². The lowest BCUT2D eigenvalue weighted by atomic mass is 9.84. The molecule has 1 saturated carbocycles. The zero-order chi connectivity index (χ0) is 14.5. The van der Waals surface area contributed by atoms with Gasteiger partial charge in [0.1, 0.15) is 0 Å². The molecule has 2 rings (SSSR count). The van der Waals surface area contributed by atoms with Crippen LogP contribution in [0.1, 0.15) is 54.9 Å². The number of benzene rings is 1. The molecular weight excluding hydrogens is 272 g/mol. The molecule has 1 fully saturated rings. The number of hydrogen-bond acceptors (Lipinski definition) is 2. The van der Waals surface area contributed by atoms with Crippen LogP contribution in [0.25, 0.3) is 0 Å². The molecule has 1 amide bonds. The van der Waals surface area contributed by atoms with Gasteiger partial charge >= 0.3 is 0 Å². The minimum atomic E-state index is -0.443. The Bertz CT molecular complexity index is 470. The third kappa shape index (κ3) is 3.97. The fourth-order valence-corrected chi connectivity index (χ4v) is 3.16. The molecule has 4 heteroatoms. The molecule has 1 aliphatic carbocycles. The zero-order valence-corrected chi connectivity index (χ0v) is 12.7. The largest absolute Gasteiger partial charge is 0.366 e. The molecule has 0 unspecified atom stereocenters. The summed E-state index contributed by atoms with van der Waals surface area (Å²) in [5, 5.41) is 4.16. The van der Waals surface area contributed by atoms with Crippen LogP contribution >= 0.6 is 11.6 Å². The molecule has 0 heterocycles. The van der Waals surface area contributed by atoms with E-state index in [2.05, 4.69) is 12.2 Å². The number of carbonyl (C=O) groups excluding carboxylic acids is 1. The Balaban J connectivity index is 1.91. The lowest BCUT2D eigenvalue weighted by Crippen LogP contribution is -2.34. The van der Waals surface area contributed by atoms with Gasteiger partial charge in [0.2, 0.25) is 5.91 Å². The maximum Gasteiger partial charge on any atom is 0.248 e. The summed E-state index contributed by atoms with van der Waals surface area (Å²) in [4.78, 5) is 11.1. The highest BCUT2D eigenvalue weighted by molar-refractivity contribution is 6.31. The Hall–Kier alpha value is -1.06. The van der Waals surface area contributed by atoms with Crippen LogP contribution in [-0.2, 0) is 6.54 Å². The van der Waals surface area contributed by atoms with Crippen molar-refractivity contribution in [1.82, 2.24) is 5.32 Å². The second-order valence-electron chi connectivity index (χ2n) is 5.74. The van der Waals surface area contributed by atoms with E-state index >= 15 is 0 Å². The summed E-state index contributed by atoms with van der Waals surface area (Å²) in [5.41, 5.74) is 6.71. The van der Waals surface area contributed by atoms with E-state index in [1.807, 2.05) is 6.07 Å². The fraction of sp³-hybridized carbons (Fsp3) is 0.562. The van der Waals surface area contributed by atoms with Crippen molar-refractivity contribution < 1.29 is 4.79 Å². The van der Waals surface area contributed by atoms with Crippen LogP contribution in [0.3, 0.4) is 0 Å². The molecule has 0 aliphatic heterocycles. The van der Waals surface area contributed by atoms with Crippen molar-refractivity contribution in [2.24, 2.45) is 11.7 Å². The maximum atomic E-state index is 11.1. The van der Waals surface area contributed by atoms with E-state index in [-0.39, 0.29) is 0 Å². The summed E-state index contributed by atoms with van der Waals surface area (Å²) >= 11 is 6.19. The molecule has 0 saturated heterocycles. The van der Waals surface area contributed by atoms with Crippen molar-refractivity contribution in [2.45, 2.75) is 51.6 Å². The van der Waals surface area contributed by atoms with Gasteiger partial charge in [-0.3, -0.25) is 4.79 Å². The molecule has 1 aliphatic rings. The van der Waals surface area contributed by atoms with Crippen LogP contribution in [0.2, 0.25) is 5.02 Å². The van der Waals surface area contributed by atoms with Gasteiger partial charge in [0.05, 0.1) is 0 Å². The molecule has 0 bridgehead atoms. The Morgan fingerprint density at radius 3 is 2.70 bits per heavy atom. The summed E-state index contributed by atoms with van der Waals surface area (Å²) in [5.74, 6) is 0.328. The van der Waals surface area contributed by atoms with Gasteiger partial charge in [-0.05, 0) is 43.4 Å². The minimum absolute atomic E-state index is 0.443. The molecule has 1 atom stereocenters. The summed E-state index contributed by atoms with van der Waals surface area (Å²) in [6.07, 6.45) is 6.73. The Labute approximate surface area is 125 Å². The highest BCUT2D eigenvalue weighted by Gasteiger charge is 2.19. The summed E-state index contributed by atoms with van der Waals surface area (Å²) < 4.78 is 0. The van der Waals surface area contributed by atoms with Crippen LogP contribution in [0.5, 0.6) is 0 Å². The molecular formula is C16H23ClN2O. The molecule has 0 spiro atoms. The smallest absolute Gasteiger partial charge is 0.248 e. The highest BCUT2D eigenvalue weighted by atomic mass is 35.5. The van der Waals surface area contributed by atoms with Gasteiger partial charge in [0.15, 0.2) is 0 Å². The fourth-order valence-electron chi connectivity index (χ4n) is 2.92. The van der Waals surface area contributed by atoms with E-state index in [1.165, 1.54) is 32.1 Å². The third-order valence-corrected chi connectivity index (χ3v) is 4.66. The van der Waals surface area contributed by atoms with E-state index in [1.54, 1.807) is 12.1 Å². The molecule has 0 aromatic heterocycles. The first-order chi connectivity index (χ1) is 9.58. The summed E-state index contributed by atoms with van der Waals surface area (Å²) in [6.45, 7) is 2.98. The van der Waals surface area contributed by atoms with Gasteiger partial charge in [0, 0.05) is 23.2 Å². The van der Waals surface area contributed by atoms with Gasteiger partial charge in [0.25, 0.3) is 0 Å². The predicted molar refractivity (Wildman–Crippen MR) is 82.8 cm³/mol. The molecule has 3 nitrogen and oxygen atoms in total. The van der Waals surface area contributed by atoms with E-state index in [0.717, 1.165) is 18.0 Å². The number of nitrogens with one attached hydrogen (secondary N) is 1. The number of rotatable bonds is 5. The van der Waals surface area contributed by atoms with Crippen molar-refractivity contribution in [1.29, 1.82) is 0 Å². The Morgan fingerprint density at radius 1 is 1.40 bits per heavy atom. The molecule has 0 radical (unpaired) electrons. The number of nitrogens with two attached hydrogens (primary N) is 1. The first-order valence-corrected chi connectivity index (χ1v) is 7.77. The zero-order valence-electron chi connectivity index (χ0n) is 12.0. The van der Waals surface area contributed by atoms with Crippen LogP contribution in [0, 0.1) is 5.92 Å². The van der Waals surface area contributed by atoms with E-state index in [4.69, 9.17) is 17.3 Å². The first-order valence-electron chi connectivity index (χ1n) is 7.39. The normalized spacial score (nSPS) is 17.9. The lowest BCUT2D eigenvalue weighted by molar-refractivity contribution is 0.100. The first kappa shape index (κ1) is 15.3. The highest BCUT2D eigenvalue weighted by Crippen LogP contribution is 2.26. The van der Waals surface area contributed by atoms with Crippen molar-refractivity contribution in [3.05, 3.63) is 34.3 Å². The summed E-state index contributed by atoms with van der Waals surface area (Å²) in [6, 6.07) is 5.76. The average Bonchev–Trinajstić information content (AvgIpc) is 2.46. The monoisotopic (exact) mass is 294 g/mol. The predicted octanol–water partition coefficient (Wildman–Crippen LogP) is 3.50. The van der Waals surface area contributed by atoms with Gasteiger partial charge in [-0.25, -0.2) is 0 Å². The second-order valence-corrected chi connectivity index (χ2v) is 6.15. The quantitative estimate of drug-likeness (QED) is 0.873. The van der Waals surface area contributed by atoms with Crippen LogP contribution in [-0.4, -0.2) is 11.9 Å². The minimum Gasteiger partial charge on any atom is -0.366 e. The number of amides is 1. The third-order valence-electron chi connectivity index (χ3n) is 4.31. The van der Waals surface area contributed by atoms with E-state index in [0.29, 0.717) is 16.6 Å². The van der Waals surface area contributed by atoms with Crippen molar-refractivity contribution in [3.63, 3.8) is 0 Å². The molecule has 110 valence electrons. The van der Waals surface area contributed by atoms with Gasteiger partial charge in [-0.2, -0.15) is 0 Å². The number of halogens is 1. The van der Waals surface area contributed by atoms with Crippen molar-refractivity contribution >= 4 is 17.5 Å². The lowest BCUT2D eigenvalue weighted by Gasteiger charge is -2.28. The van der Waals surface area contributed by atoms with Crippen LogP contribution in [0.15, 0.2) is 18.2 Å². The number of carbonyl (C=O) groups is 1. The second kappa shape index (κ2) is 7.09. The molecule has 3 N–H and O–H groups in total. The summed E-state index contributed by atoms with van der Waals surface area (Å²) in [7, 11) is 0. The maximum absolute atomic E-state index is 11.1. The average molecular weight is 295 g/mol. The Morgan fingerprint density at radius 2 is 2.10 bits per heavy atom. The molecule has 1 aromatic rings. The number of hydrogen-bond donors (Lipinski definition) is 2. The van der Waals surface area contributed by atoms with Gasteiger partial charge in [-0.1, -0.05) is 36.9 Å². The van der Waals surface area contributed by atoms with Crippen LogP contribution in [0.4, 0.5) is 0 Å². The van der Waals surface area contributed by atoms with Crippen LogP contribution < -0.4 is 11.1 Å². The molecule has 1 aromatic carbocycles. The van der Waals surface area contributed by atoms with E-state index in [9.17, 15) is 4.79 Å².